The Morgan fingerprint density at radius 1 is 1.39 bits per heavy atom. The van der Waals surface area contributed by atoms with Crippen LogP contribution in [-0.2, 0) is 6.42 Å². The fourth-order valence-electron chi connectivity index (χ4n) is 2.88. The van der Waals surface area contributed by atoms with E-state index in [9.17, 15) is 0 Å². The Balaban J connectivity index is 2.08. The molecule has 0 radical (unpaired) electrons. The monoisotopic (exact) mass is 246 g/mol. The van der Waals surface area contributed by atoms with Gasteiger partial charge >= 0.3 is 0 Å². The van der Waals surface area contributed by atoms with Gasteiger partial charge in [-0.3, -0.25) is 0 Å². The minimum atomic E-state index is 0.735. The quantitative estimate of drug-likeness (QED) is 0.885. The molecule has 1 aliphatic heterocycles. The van der Waals surface area contributed by atoms with Crippen LogP contribution < -0.4 is 10.6 Å². The number of benzene rings is 1. The second-order valence-electron chi connectivity index (χ2n) is 5.89. The van der Waals surface area contributed by atoms with Crippen molar-refractivity contribution >= 4 is 5.69 Å². The second kappa shape index (κ2) is 5.75. The van der Waals surface area contributed by atoms with E-state index in [2.05, 4.69) is 43.9 Å². The van der Waals surface area contributed by atoms with E-state index in [1.807, 2.05) is 0 Å². The number of rotatable bonds is 4. The number of anilines is 1. The summed E-state index contributed by atoms with van der Waals surface area (Å²) in [5.41, 5.74) is 9.79. The smallest absolute Gasteiger partial charge is 0.0369 e. The minimum absolute atomic E-state index is 0.735. The maximum absolute atomic E-state index is 5.63. The topological polar surface area (TPSA) is 29.3 Å². The van der Waals surface area contributed by atoms with Crippen LogP contribution in [0.4, 0.5) is 5.69 Å². The predicted octanol–water partition coefficient (Wildman–Crippen LogP) is 2.98. The number of aryl methyl sites for hydroxylation is 1. The van der Waals surface area contributed by atoms with Crippen molar-refractivity contribution in [3.8, 4) is 0 Å². The van der Waals surface area contributed by atoms with Crippen molar-refractivity contribution in [3.63, 3.8) is 0 Å². The predicted molar refractivity (Wildman–Crippen MR) is 79.1 cm³/mol. The Bertz CT molecular complexity index is 398. The fourth-order valence-corrected chi connectivity index (χ4v) is 2.88. The summed E-state index contributed by atoms with van der Waals surface area (Å²) in [6.45, 7) is 10.0. The molecule has 0 saturated carbocycles. The summed E-state index contributed by atoms with van der Waals surface area (Å²) >= 11 is 0. The first-order valence-corrected chi connectivity index (χ1v) is 7.16. The summed E-state index contributed by atoms with van der Waals surface area (Å²) in [5, 5.41) is 0. The highest BCUT2D eigenvalue weighted by Crippen LogP contribution is 2.29. The molecular weight excluding hydrogens is 220 g/mol. The third kappa shape index (κ3) is 2.86. The van der Waals surface area contributed by atoms with Crippen LogP contribution in [0, 0.1) is 18.8 Å². The van der Waals surface area contributed by atoms with Crippen molar-refractivity contribution in [1.82, 2.24) is 0 Å². The standard InChI is InChI=1S/C16H26N2/c1-12(2)15-7-9-18(11-15)16-5-4-14(6-8-17)13(3)10-16/h4-5,10,12,15H,6-9,11,17H2,1-3H3. The maximum atomic E-state index is 5.63. The molecule has 2 rings (SSSR count). The average Bonchev–Trinajstić information content (AvgIpc) is 2.81. The Hall–Kier alpha value is -1.02. The summed E-state index contributed by atoms with van der Waals surface area (Å²) in [6.07, 6.45) is 2.32. The molecular formula is C16H26N2. The first-order valence-electron chi connectivity index (χ1n) is 7.16. The lowest BCUT2D eigenvalue weighted by Gasteiger charge is -2.21. The molecule has 1 fully saturated rings. The molecule has 1 aromatic carbocycles. The lowest BCUT2D eigenvalue weighted by Crippen LogP contribution is -2.21. The highest BCUT2D eigenvalue weighted by molar-refractivity contribution is 5.51. The summed E-state index contributed by atoms with van der Waals surface area (Å²) < 4.78 is 0. The molecule has 0 amide bonds. The van der Waals surface area contributed by atoms with Gasteiger partial charge < -0.3 is 10.6 Å². The van der Waals surface area contributed by atoms with E-state index in [0.29, 0.717) is 0 Å². The first kappa shape index (κ1) is 13.4. The van der Waals surface area contributed by atoms with E-state index < -0.39 is 0 Å². The van der Waals surface area contributed by atoms with Crippen LogP contribution in [0.5, 0.6) is 0 Å². The van der Waals surface area contributed by atoms with Crippen LogP contribution in [-0.4, -0.2) is 19.6 Å². The molecule has 0 spiro atoms. The Kier molecular flexibility index (Phi) is 4.28. The van der Waals surface area contributed by atoms with Crippen molar-refractivity contribution in [2.75, 3.05) is 24.5 Å². The maximum Gasteiger partial charge on any atom is 0.0369 e. The van der Waals surface area contributed by atoms with Crippen LogP contribution in [0.2, 0.25) is 0 Å². The van der Waals surface area contributed by atoms with E-state index >= 15 is 0 Å². The lowest BCUT2D eigenvalue weighted by atomic mass is 9.95. The Labute approximate surface area is 111 Å². The fraction of sp³-hybridized carbons (Fsp3) is 0.625. The summed E-state index contributed by atoms with van der Waals surface area (Å²) in [7, 11) is 0. The zero-order valence-electron chi connectivity index (χ0n) is 11.9. The van der Waals surface area contributed by atoms with Crippen LogP contribution in [0.15, 0.2) is 18.2 Å². The van der Waals surface area contributed by atoms with Crippen molar-refractivity contribution < 1.29 is 0 Å². The molecule has 1 atom stereocenters. The molecule has 0 bridgehead atoms. The zero-order valence-corrected chi connectivity index (χ0v) is 11.9. The first-order chi connectivity index (χ1) is 8.61. The lowest BCUT2D eigenvalue weighted by molar-refractivity contribution is 0.423. The van der Waals surface area contributed by atoms with Crippen LogP contribution >= 0.6 is 0 Å². The molecule has 1 heterocycles. The average molecular weight is 246 g/mol. The summed E-state index contributed by atoms with van der Waals surface area (Å²) in [6, 6.07) is 6.84. The van der Waals surface area contributed by atoms with Gasteiger partial charge in [0.1, 0.15) is 0 Å². The van der Waals surface area contributed by atoms with Crippen molar-refractivity contribution in [2.45, 2.75) is 33.6 Å². The summed E-state index contributed by atoms with van der Waals surface area (Å²) in [5.74, 6) is 1.65. The van der Waals surface area contributed by atoms with E-state index in [4.69, 9.17) is 5.73 Å². The number of hydrogen-bond acceptors (Lipinski definition) is 2. The van der Waals surface area contributed by atoms with Crippen LogP contribution in [0.25, 0.3) is 0 Å². The molecule has 1 aromatic rings. The zero-order chi connectivity index (χ0) is 13.1. The number of nitrogens with two attached hydrogens (primary N) is 1. The highest BCUT2D eigenvalue weighted by atomic mass is 15.1. The van der Waals surface area contributed by atoms with Crippen molar-refractivity contribution in [2.24, 2.45) is 17.6 Å². The van der Waals surface area contributed by atoms with Gasteiger partial charge in [-0.05, 0) is 61.4 Å². The van der Waals surface area contributed by atoms with E-state index in [0.717, 1.165) is 24.8 Å². The van der Waals surface area contributed by atoms with Gasteiger partial charge in [0.05, 0.1) is 0 Å². The SMILES string of the molecule is Cc1cc(N2CCC(C(C)C)C2)ccc1CCN. The Morgan fingerprint density at radius 2 is 2.17 bits per heavy atom. The molecule has 0 aliphatic carbocycles. The van der Waals surface area contributed by atoms with Gasteiger partial charge in [0, 0.05) is 18.8 Å². The molecule has 18 heavy (non-hydrogen) atoms. The van der Waals surface area contributed by atoms with Crippen LogP contribution in [0.3, 0.4) is 0 Å². The van der Waals surface area contributed by atoms with Gasteiger partial charge in [-0.2, -0.15) is 0 Å². The van der Waals surface area contributed by atoms with E-state index in [-0.39, 0.29) is 0 Å². The third-order valence-electron chi connectivity index (χ3n) is 4.27. The molecule has 1 unspecified atom stereocenters. The molecule has 1 saturated heterocycles. The highest BCUT2D eigenvalue weighted by Gasteiger charge is 2.24. The molecule has 0 aromatic heterocycles. The largest absolute Gasteiger partial charge is 0.371 e. The van der Waals surface area contributed by atoms with E-state index in [1.54, 1.807) is 0 Å². The van der Waals surface area contributed by atoms with E-state index in [1.165, 1.54) is 36.3 Å². The number of hydrogen-bond donors (Lipinski definition) is 1. The molecule has 2 heteroatoms. The van der Waals surface area contributed by atoms with Crippen molar-refractivity contribution in [1.29, 1.82) is 0 Å². The molecule has 1 aliphatic rings. The normalized spacial score (nSPS) is 19.8. The molecule has 2 N–H and O–H groups in total. The van der Waals surface area contributed by atoms with Gasteiger partial charge in [-0.15, -0.1) is 0 Å². The summed E-state index contributed by atoms with van der Waals surface area (Å²) in [4.78, 5) is 2.53. The van der Waals surface area contributed by atoms with Crippen LogP contribution in [0.1, 0.15) is 31.4 Å². The minimum Gasteiger partial charge on any atom is -0.371 e. The van der Waals surface area contributed by atoms with Gasteiger partial charge in [0.2, 0.25) is 0 Å². The van der Waals surface area contributed by atoms with Crippen molar-refractivity contribution in [3.05, 3.63) is 29.3 Å². The molecule has 2 nitrogen and oxygen atoms in total. The number of nitrogens with zero attached hydrogens (tertiary/aromatic N) is 1. The van der Waals surface area contributed by atoms with Gasteiger partial charge in [-0.25, -0.2) is 0 Å². The van der Waals surface area contributed by atoms with Gasteiger partial charge in [-0.1, -0.05) is 19.9 Å². The third-order valence-corrected chi connectivity index (χ3v) is 4.27. The Morgan fingerprint density at radius 3 is 2.72 bits per heavy atom. The van der Waals surface area contributed by atoms with Gasteiger partial charge in [0.25, 0.3) is 0 Å². The molecule has 100 valence electrons. The second-order valence-corrected chi connectivity index (χ2v) is 5.89. The van der Waals surface area contributed by atoms with Gasteiger partial charge in [0.15, 0.2) is 0 Å².